The molecule has 38 heavy (non-hydrogen) atoms. The molecule has 0 bridgehead atoms. The van der Waals surface area contributed by atoms with Gasteiger partial charge in [0.25, 0.3) is 5.91 Å². The van der Waals surface area contributed by atoms with Gasteiger partial charge in [0.1, 0.15) is 5.70 Å². The number of para-hydroxylation sites is 1. The Labute approximate surface area is 230 Å². The Morgan fingerprint density at radius 3 is 2.58 bits per heavy atom. The fourth-order valence-corrected chi connectivity index (χ4v) is 4.50. The first kappa shape index (κ1) is 29.3. The third kappa shape index (κ3) is 7.85. The lowest BCUT2D eigenvalue weighted by Gasteiger charge is -2.25. The minimum Gasteiger partial charge on any atom is -0.395 e. The summed E-state index contributed by atoms with van der Waals surface area (Å²) < 4.78 is 39.7. The van der Waals surface area contributed by atoms with Crippen LogP contribution >= 0.6 is 23.2 Å². The van der Waals surface area contributed by atoms with Crippen molar-refractivity contribution in [2.24, 2.45) is 10.7 Å². The monoisotopic (exact) mass is 561 g/mol. The molecule has 2 aromatic rings. The summed E-state index contributed by atoms with van der Waals surface area (Å²) in [7, 11) is 0. The van der Waals surface area contributed by atoms with E-state index in [2.05, 4.69) is 11.6 Å². The minimum atomic E-state index is -4.74. The van der Waals surface area contributed by atoms with Crippen molar-refractivity contribution in [1.29, 1.82) is 0 Å². The Morgan fingerprint density at radius 2 is 1.92 bits per heavy atom. The number of benzene rings is 2. The number of allylic oxidation sites excluding steroid dienone is 5. The smallest absolute Gasteiger partial charge is 0.395 e. The van der Waals surface area contributed by atoms with Crippen LogP contribution in [-0.2, 0) is 11.2 Å². The van der Waals surface area contributed by atoms with Crippen molar-refractivity contribution in [3.8, 4) is 0 Å². The maximum atomic E-state index is 13.2. The highest BCUT2D eigenvalue weighted by Crippen LogP contribution is 2.28. The van der Waals surface area contributed by atoms with E-state index in [1.165, 1.54) is 12.2 Å². The van der Waals surface area contributed by atoms with Gasteiger partial charge in [-0.15, -0.1) is 0 Å². The summed E-state index contributed by atoms with van der Waals surface area (Å²) in [6, 6.07) is 14.0. The first-order valence-corrected chi connectivity index (χ1v) is 12.7. The fourth-order valence-electron chi connectivity index (χ4n) is 4.11. The van der Waals surface area contributed by atoms with E-state index < -0.39 is 11.9 Å². The third-order valence-electron chi connectivity index (χ3n) is 6.06. The van der Waals surface area contributed by atoms with Crippen LogP contribution in [0.15, 0.2) is 101 Å². The number of likely N-dealkylation sites (tertiary alicyclic amines) is 1. The Balaban J connectivity index is 1.84. The summed E-state index contributed by atoms with van der Waals surface area (Å²) in [5, 5.41) is 0.904. The van der Waals surface area contributed by atoms with Crippen molar-refractivity contribution in [2.75, 3.05) is 6.54 Å². The zero-order chi connectivity index (χ0) is 27.9. The van der Waals surface area contributed by atoms with Gasteiger partial charge in [-0.2, -0.15) is 13.2 Å². The molecule has 1 aliphatic heterocycles. The second-order valence-electron chi connectivity index (χ2n) is 8.78. The average Bonchev–Trinajstić information content (AvgIpc) is 3.32. The van der Waals surface area contributed by atoms with Crippen molar-refractivity contribution >= 4 is 40.5 Å². The van der Waals surface area contributed by atoms with E-state index in [1.54, 1.807) is 48.2 Å². The average molecular weight is 562 g/mol. The van der Waals surface area contributed by atoms with Gasteiger partial charge in [-0.3, -0.25) is 4.79 Å². The largest absolute Gasteiger partial charge is 0.430 e. The van der Waals surface area contributed by atoms with E-state index in [9.17, 15) is 18.0 Å². The molecule has 1 fully saturated rings. The first-order valence-electron chi connectivity index (χ1n) is 12.0. The molecular formula is C29H28Cl2F3N3O. The van der Waals surface area contributed by atoms with Gasteiger partial charge in [0.05, 0.1) is 16.4 Å². The topological polar surface area (TPSA) is 58.7 Å². The highest BCUT2D eigenvalue weighted by Gasteiger charge is 2.32. The lowest BCUT2D eigenvalue weighted by atomic mass is 10.0. The standard InChI is InChI=1S/C29H28Cl2F3N3O/c1-3-21(26(18-27(35)29(32,33)34)36-25-12-5-4-11-24(25)31)14-13-19(2)28(38)37-15-7-10-23(37)17-20-8-6-9-22(30)16-20/h3-6,8-9,11-14,16,18,23H,2,7,10,15,17,35H2,1H3/b14-13-,21-3+,27-18?,36-26?. The van der Waals surface area contributed by atoms with E-state index >= 15 is 0 Å². The van der Waals surface area contributed by atoms with Gasteiger partial charge in [0.15, 0.2) is 0 Å². The van der Waals surface area contributed by atoms with Crippen molar-refractivity contribution < 1.29 is 18.0 Å². The molecule has 4 nitrogen and oxygen atoms in total. The fraction of sp³-hybridized carbons (Fsp3) is 0.241. The summed E-state index contributed by atoms with van der Waals surface area (Å²) in [6.45, 7) is 6.15. The van der Waals surface area contributed by atoms with Gasteiger partial charge < -0.3 is 10.6 Å². The quantitative estimate of drug-likeness (QED) is 0.203. The van der Waals surface area contributed by atoms with Gasteiger partial charge in [-0.1, -0.05) is 66.2 Å². The SMILES string of the molecule is C=C(/C=C\C(=C/C)C(C=C(N)C(F)(F)F)=Nc1ccccc1Cl)C(=O)N1CCCC1Cc1cccc(Cl)c1. The van der Waals surface area contributed by atoms with Gasteiger partial charge in [-0.05, 0) is 73.7 Å². The van der Waals surface area contributed by atoms with Crippen LogP contribution in [0, 0.1) is 0 Å². The summed E-state index contributed by atoms with van der Waals surface area (Å²) in [4.78, 5) is 19.3. The first-order chi connectivity index (χ1) is 18.0. The summed E-state index contributed by atoms with van der Waals surface area (Å²) >= 11 is 12.3. The zero-order valence-electron chi connectivity index (χ0n) is 20.8. The molecule has 2 N–H and O–H groups in total. The maximum absolute atomic E-state index is 13.2. The number of carbonyl (C=O) groups is 1. The number of aliphatic imine (C=N–C) groups is 1. The van der Waals surface area contributed by atoms with E-state index in [1.807, 2.05) is 18.2 Å². The van der Waals surface area contributed by atoms with Gasteiger partial charge in [0.2, 0.25) is 0 Å². The molecule has 0 radical (unpaired) electrons. The number of hydrogen-bond acceptors (Lipinski definition) is 3. The molecule has 1 unspecified atom stereocenters. The predicted molar refractivity (Wildman–Crippen MR) is 149 cm³/mol. The van der Waals surface area contributed by atoms with E-state index in [0.717, 1.165) is 24.5 Å². The minimum absolute atomic E-state index is 0.000771. The van der Waals surface area contributed by atoms with Crippen LogP contribution in [0.3, 0.4) is 0 Å². The third-order valence-corrected chi connectivity index (χ3v) is 6.61. The second kappa shape index (κ2) is 13.0. The van der Waals surface area contributed by atoms with Crippen LogP contribution in [0.25, 0.3) is 0 Å². The number of halogens is 5. The van der Waals surface area contributed by atoms with Gasteiger partial charge in [0, 0.05) is 23.2 Å². The van der Waals surface area contributed by atoms with E-state index in [0.29, 0.717) is 23.6 Å². The van der Waals surface area contributed by atoms with Gasteiger partial charge >= 0.3 is 6.18 Å². The molecule has 200 valence electrons. The van der Waals surface area contributed by atoms with Crippen LogP contribution < -0.4 is 5.73 Å². The van der Waals surface area contributed by atoms with Crippen LogP contribution in [0.1, 0.15) is 25.3 Å². The molecule has 1 aliphatic rings. The Kier molecular flexibility index (Phi) is 10.00. The normalized spacial score (nSPS) is 17.4. The number of nitrogens with zero attached hydrogens (tertiary/aromatic N) is 2. The van der Waals surface area contributed by atoms with E-state index in [4.69, 9.17) is 28.9 Å². The highest BCUT2D eigenvalue weighted by atomic mass is 35.5. The molecular weight excluding hydrogens is 534 g/mol. The van der Waals surface area contributed by atoms with E-state index in [-0.39, 0.29) is 33.9 Å². The maximum Gasteiger partial charge on any atom is 0.430 e. The summed E-state index contributed by atoms with van der Waals surface area (Å²) in [5.41, 5.74) is 5.74. The Hall–Kier alpha value is -3.29. The Bertz CT molecular complexity index is 1310. The molecule has 0 saturated carbocycles. The van der Waals surface area contributed by atoms with Crippen LogP contribution in [0.5, 0.6) is 0 Å². The lowest BCUT2D eigenvalue weighted by molar-refractivity contribution is -0.127. The molecule has 1 saturated heterocycles. The molecule has 2 aromatic carbocycles. The van der Waals surface area contributed by atoms with Crippen molar-refractivity contribution in [1.82, 2.24) is 4.90 Å². The molecule has 3 rings (SSSR count). The van der Waals surface area contributed by atoms with Crippen molar-refractivity contribution in [3.05, 3.63) is 112 Å². The Morgan fingerprint density at radius 1 is 1.18 bits per heavy atom. The zero-order valence-corrected chi connectivity index (χ0v) is 22.3. The lowest BCUT2D eigenvalue weighted by Crippen LogP contribution is -2.37. The second-order valence-corrected chi connectivity index (χ2v) is 9.62. The number of alkyl halides is 3. The molecule has 1 atom stereocenters. The highest BCUT2D eigenvalue weighted by molar-refractivity contribution is 6.33. The summed E-state index contributed by atoms with van der Waals surface area (Å²) in [6.07, 6.45) is 2.94. The molecule has 0 aliphatic carbocycles. The number of carbonyl (C=O) groups excluding carboxylic acids is 1. The van der Waals surface area contributed by atoms with Crippen LogP contribution in [0.2, 0.25) is 10.0 Å². The van der Waals surface area contributed by atoms with Gasteiger partial charge in [-0.25, -0.2) is 4.99 Å². The molecule has 1 heterocycles. The number of amides is 1. The molecule has 9 heteroatoms. The van der Waals surface area contributed by atoms with Crippen molar-refractivity contribution in [2.45, 2.75) is 38.4 Å². The molecule has 0 spiro atoms. The number of nitrogens with two attached hydrogens (primary N) is 1. The molecule has 1 amide bonds. The van der Waals surface area contributed by atoms with Crippen molar-refractivity contribution in [3.63, 3.8) is 0 Å². The predicted octanol–water partition coefficient (Wildman–Crippen LogP) is 7.76. The summed E-state index contributed by atoms with van der Waals surface area (Å²) in [5.74, 6) is -0.240. The number of rotatable bonds is 8. The molecule has 0 aromatic heterocycles. The van der Waals surface area contributed by atoms with Crippen LogP contribution in [0.4, 0.5) is 18.9 Å². The van der Waals surface area contributed by atoms with Crippen LogP contribution in [-0.4, -0.2) is 35.3 Å². The number of hydrogen-bond donors (Lipinski definition) is 1.